The van der Waals surface area contributed by atoms with Crippen LogP contribution in [0.5, 0.6) is 0 Å². The molecule has 0 amide bonds. The van der Waals surface area contributed by atoms with Crippen LogP contribution in [0.3, 0.4) is 0 Å². The number of hydrogen-bond acceptors (Lipinski definition) is 4. The average molecular weight is 242 g/mol. The van der Waals surface area contributed by atoms with E-state index < -0.39 is 0 Å². The molecule has 2 aliphatic rings. The zero-order chi connectivity index (χ0) is 12.6. The molecule has 0 spiro atoms. The highest BCUT2D eigenvalue weighted by molar-refractivity contribution is 4.96. The van der Waals surface area contributed by atoms with Crippen LogP contribution in [0.25, 0.3) is 0 Å². The maximum Gasteiger partial charge on any atom is 0.0757 e. The third-order valence-electron chi connectivity index (χ3n) is 3.86. The number of rotatable bonds is 4. The van der Waals surface area contributed by atoms with Crippen molar-refractivity contribution in [2.75, 3.05) is 19.7 Å². The monoisotopic (exact) mass is 242 g/mol. The molecule has 4 nitrogen and oxygen atoms in total. The fourth-order valence-electron chi connectivity index (χ4n) is 3.03. The van der Waals surface area contributed by atoms with E-state index >= 15 is 0 Å². The summed E-state index contributed by atoms with van der Waals surface area (Å²) >= 11 is 0. The van der Waals surface area contributed by atoms with E-state index in [1.807, 2.05) is 0 Å². The SMILES string of the molecule is CC1CN(C(CO)C(N)C2CC2)CC(C)(C)O1. The summed E-state index contributed by atoms with van der Waals surface area (Å²) < 4.78 is 5.89. The summed E-state index contributed by atoms with van der Waals surface area (Å²) in [5, 5.41) is 9.62. The zero-order valence-electron chi connectivity index (χ0n) is 11.2. The zero-order valence-corrected chi connectivity index (χ0v) is 11.2. The lowest BCUT2D eigenvalue weighted by Crippen LogP contribution is -2.60. The van der Waals surface area contributed by atoms with Crippen molar-refractivity contribution < 1.29 is 9.84 Å². The van der Waals surface area contributed by atoms with Gasteiger partial charge in [0.1, 0.15) is 0 Å². The minimum atomic E-state index is -0.144. The van der Waals surface area contributed by atoms with Crippen LogP contribution < -0.4 is 5.73 Å². The van der Waals surface area contributed by atoms with Crippen molar-refractivity contribution in [3.63, 3.8) is 0 Å². The van der Waals surface area contributed by atoms with Crippen molar-refractivity contribution in [1.82, 2.24) is 4.90 Å². The van der Waals surface area contributed by atoms with Gasteiger partial charge in [-0.25, -0.2) is 0 Å². The molecule has 0 aromatic carbocycles. The molecule has 0 aromatic rings. The van der Waals surface area contributed by atoms with Gasteiger partial charge in [0.15, 0.2) is 0 Å². The molecule has 1 aliphatic heterocycles. The number of hydrogen-bond donors (Lipinski definition) is 2. The first-order valence-electron chi connectivity index (χ1n) is 6.71. The van der Waals surface area contributed by atoms with Gasteiger partial charge >= 0.3 is 0 Å². The van der Waals surface area contributed by atoms with Crippen LogP contribution in [-0.2, 0) is 4.74 Å². The van der Waals surface area contributed by atoms with Crippen LogP contribution in [0, 0.1) is 5.92 Å². The van der Waals surface area contributed by atoms with E-state index in [2.05, 4.69) is 25.7 Å². The Kier molecular flexibility index (Phi) is 3.78. The van der Waals surface area contributed by atoms with Crippen LogP contribution in [-0.4, -0.2) is 53.5 Å². The fourth-order valence-corrected chi connectivity index (χ4v) is 3.03. The lowest BCUT2D eigenvalue weighted by atomic mass is 9.98. The second-order valence-electron chi connectivity index (χ2n) is 6.28. The lowest BCUT2D eigenvalue weighted by molar-refractivity contribution is -0.143. The first-order valence-corrected chi connectivity index (χ1v) is 6.71. The van der Waals surface area contributed by atoms with Crippen LogP contribution in [0.15, 0.2) is 0 Å². The molecule has 2 rings (SSSR count). The molecule has 100 valence electrons. The van der Waals surface area contributed by atoms with Crippen molar-refractivity contribution in [2.45, 2.75) is 57.4 Å². The summed E-state index contributed by atoms with van der Waals surface area (Å²) in [5.74, 6) is 0.619. The maximum atomic E-state index is 9.62. The van der Waals surface area contributed by atoms with E-state index in [4.69, 9.17) is 10.5 Å². The van der Waals surface area contributed by atoms with Gasteiger partial charge in [0, 0.05) is 25.2 Å². The standard InChI is InChI=1S/C13H26N2O2/c1-9-6-15(8-13(2,3)17-9)11(7-16)12(14)10-4-5-10/h9-12,16H,4-8,14H2,1-3H3. The summed E-state index contributed by atoms with van der Waals surface area (Å²) in [7, 11) is 0. The molecule has 3 atom stereocenters. The summed E-state index contributed by atoms with van der Waals surface area (Å²) in [4.78, 5) is 2.32. The Morgan fingerprint density at radius 2 is 2.12 bits per heavy atom. The molecule has 1 saturated heterocycles. The van der Waals surface area contributed by atoms with Crippen molar-refractivity contribution >= 4 is 0 Å². The number of nitrogens with two attached hydrogens (primary N) is 1. The van der Waals surface area contributed by atoms with Gasteiger partial charge in [-0.05, 0) is 39.5 Å². The Bertz CT molecular complexity index is 266. The Morgan fingerprint density at radius 3 is 2.59 bits per heavy atom. The van der Waals surface area contributed by atoms with Gasteiger partial charge in [0.05, 0.1) is 18.3 Å². The summed E-state index contributed by atoms with van der Waals surface area (Å²) in [6.45, 7) is 8.17. The molecule has 0 radical (unpaired) electrons. The number of nitrogens with zero attached hydrogens (tertiary/aromatic N) is 1. The van der Waals surface area contributed by atoms with Crippen LogP contribution in [0.2, 0.25) is 0 Å². The van der Waals surface area contributed by atoms with Crippen molar-refractivity contribution in [2.24, 2.45) is 11.7 Å². The van der Waals surface area contributed by atoms with E-state index in [0.717, 1.165) is 13.1 Å². The Morgan fingerprint density at radius 1 is 1.47 bits per heavy atom. The van der Waals surface area contributed by atoms with E-state index in [0.29, 0.717) is 5.92 Å². The molecule has 0 aromatic heterocycles. The molecule has 1 aliphatic carbocycles. The third-order valence-corrected chi connectivity index (χ3v) is 3.86. The van der Waals surface area contributed by atoms with Gasteiger partial charge in [-0.15, -0.1) is 0 Å². The molecular formula is C13H26N2O2. The first kappa shape index (κ1) is 13.3. The maximum absolute atomic E-state index is 9.62. The minimum Gasteiger partial charge on any atom is -0.395 e. The lowest BCUT2D eigenvalue weighted by Gasteiger charge is -2.46. The Hall–Kier alpha value is -0.160. The molecule has 17 heavy (non-hydrogen) atoms. The molecule has 0 bridgehead atoms. The summed E-state index contributed by atoms with van der Waals surface area (Å²) in [5.41, 5.74) is 6.11. The molecule has 4 heteroatoms. The van der Waals surface area contributed by atoms with Crippen LogP contribution >= 0.6 is 0 Å². The fraction of sp³-hybridized carbons (Fsp3) is 1.00. The minimum absolute atomic E-state index is 0.0909. The van der Waals surface area contributed by atoms with E-state index in [1.54, 1.807) is 0 Å². The van der Waals surface area contributed by atoms with E-state index in [-0.39, 0.29) is 30.4 Å². The van der Waals surface area contributed by atoms with E-state index in [9.17, 15) is 5.11 Å². The highest BCUT2D eigenvalue weighted by Crippen LogP contribution is 2.35. The second-order valence-corrected chi connectivity index (χ2v) is 6.28. The molecule has 1 saturated carbocycles. The number of morpholine rings is 1. The number of ether oxygens (including phenoxy) is 1. The molecule has 3 N–H and O–H groups in total. The van der Waals surface area contributed by atoms with Gasteiger partial charge in [0.25, 0.3) is 0 Å². The molecule has 3 unspecified atom stereocenters. The normalized spacial score (nSPS) is 33.4. The first-order chi connectivity index (χ1) is 7.93. The van der Waals surface area contributed by atoms with Crippen molar-refractivity contribution in [3.05, 3.63) is 0 Å². The predicted octanol–water partition coefficient (Wildman–Crippen LogP) is 0.584. The van der Waals surface area contributed by atoms with E-state index in [1.165, 1.54) is 12.8 Å². The largest absolute Gasteiger partial charge is 0.395 e. The van der Waals surface area contributed by atoms with Crippen LogP contribution in [0.4, 0.5) is 0 Å². The van der Waals surface area contributed by atoms with Crippen LogP contribution in [0.1, 0.15) is 33.6 Å². The summed E-state index contributed by atoms with van der Waals surface area (Å²) in [6.07, 6.45) is 2.65. The van der Waals surface area contributed by atoms with Gasteiger partial charge in [-0.1, -0.05) is 0 Å². The number of aliphatic hydroxyl groups excluding tert-OH is 1. The van der Waals surface area contributed by atoms with Crippen molar-refractivity contribution in [1.29, 1.82) is 0 Å². The van der Waals surface area contributed by atoms with Gasteiger partial charge in [0.2, 0.25) is 0 Å². The highest BCUT2D eigenvalue weighted by Gasteiger charge is 2.40. The molecular weight excluding hydrogens is 216 g/mol. The average Bonchev–Trinajstić information content (AvgIpc) is 2.97. The Labute approximate surface area is 104 Å². The van der Waals surface area contributed by atoms with Gasteiger partial charge < -0.3 is 15.6 Å². The second kappa shape index (κ2) is 4.84. The predicted molar refractivity (Wildman–Crippen MR) is 67.8 cm³/mol. The van der Waals surface area contributed by atoms with Gasteiger partial charge in [-0.2, -0.15) is 0 Å². The molecule has 1 heterocycles. The number of aliphatic hydroxyl groups is 1. The smallest absolute Gasteiger partial charge is 0.0757 e. The van der Waals surface area contributed by atoms with Gasteiger partial charge in [-0.3, -0.25) is 4.90 Å². The Balaban J connectivity index is 2.02. The van der Waals surface area contributed by atoms with Crippen molar-refractivity contribution in [3.8, 4) is 0 Å². The molecule has 2 fully saturated rings. The highest BCUT2D eigenvalue weighted by atomic mass is 16.5. The summed E-state index contributed by atoms with van der Waals surface area (Å²) in [6, 6.07) is 0.203. The third kappa shape index (κ3) is 3.19. The topological polar surface area (TPSA) is 58.7 Å². The quantitative estimate of drug-likeness (QED) is 0.757.